The van der Waals surface area contributed by atoms with Gasteiger partial charge in [0.05, 0.1) is 0 Å². The van der Waals surface area contributed by atoms with E-state index in [1.54, 1.807) is 0 Å². The van der Waals surface area contributed by atoms with Crippen LogP contribution in [0.1, 0.15) is 45.4 Å². The van der Waals surface area contributed by atoms with Crippen molar-refractivity contribution in [2.24, 2.45) is 5.92 Å². The van der Waals surface area contributed by atoms with Crippen molar-refractivity contribution < 1.29 is 4.79 Å². The van der Waals surface area contributed by atoms with E-state index in [0.717, 1.165) is 38.4 Å². The molecule has 0 bridgehead atoms. The van der Waals surface area contributed by atoms with Gasteiger partial charge in [0, 0.05) is 32.1 Å². The molecule has 1 N–H and O–H groups in total. The largest absolute Gasteiger partial charge is 0.337 e. The molecule has 1 atom stereocenters. The summed E-state index contributed by atoms with van der Waals surface area (Å²) in [5.41, 5.74) is 0. The van der Waals surface area contributed by atoms with E-state index in [-0.39, 0.29) is 12.4 Å². The fourth-order valence-corrected chi connectivity index (χ4v) is 2.98. The minimum atomic E-state index is 0. The number of nitrogens with one attached hydrogen (secondary N) is 1. The molecule has 2 rings (SSSR count). The maximum atomic E-state index is 12.1. The summed E-state index contributed by atoms with van der Waals surface area (Å²) in [4.78, 5) is 14.1. The highest BCUT2D eigenvalue weighted by atomic mass is 35.5. The highest BCUT2D eigenvalue weighted by molar-refractivity contribution is 5.85. The van der Waals surface area contributed by atoms with Gasteiger partial charge in [0.2, 0.25) is 5.91 Å². The molecule has 0 aromatic heterocycles. The maximum absolute atomic E-state index is 12.1. The molecule has 1 amide bonds. The van der Waals surface area contributed by atoms with E-state index in [1.165, 1.54) is 25.7 Å². The molecule has 1 saturated carbocycles. The first-order valence-electron chi connectivity index (χ1n) is 6.77. The van der Waals surface area contributed by atoms with E-state index in [1.807, 2.05) is 0 Å². The quantitative estimate of drug-likeness (QED) is 0.844. The summed E-state index contributed by atoms with van der Waals surface area (Å²) >= 11 is 0. The highest BCUT2D eigenvalue weighted by Gasteiger charge is 2.24. The Morgan fingerprint density at radius 3 is 2.71 bits per heavy atom. The van der Waals surface area contributed by atoms with Gasteiger partial charge in [-0.2, -0.15) is 0 Å². The van der Waals surface area contributed by atoms with Crippen molar-refractivity contribution in [3.63, 3.8) is 0 Å². The number of hydrogen-bond donors (Lipinski definition) is 1. The van der Waals surface area contributed by atoms with Crippen LogP contribution in [0.2, 0.25) is 0 Å². The van der Waals surface area contributed by atoms with Crippen LogP contribution < -0.4 is 5.32 Å². The molecule has 1 heterocycles. The smallest absolute Gasteiger partial charge is 0.222 e. The Hall–Kier alpha value is -0.280. The van der Waals surface area contributed by atoms with E-state index in [0.29, 0.717) is 11.9 Å². The van der Waals surface area contributed by atoms with Crippen molar-refractivity contribution in [3.05, 3.63) is 0 Å². The molecule has 2 fully saturated rings. The number of piperazine rings is 1. The summed E-state index contributed by atoms with van der Waals surface area (Å²) in [7, 11) is 0. The predicted molar refractivity (Wildman–Crippen MR) is 72.5 cm³/mol. The Labute approximate surface area is 111 Å². The van der Waals surface area contributed by atoms with Gasteiger partial charge in [-0.15, -0.1) is 12.4 Å². The normalized spacial score (nSPS) is 25.7. The van der Waals surface area contributed by atoms with E-state index in [4.69, 9.17) is 0 Å². The van der Waals surface area contributed by atoms with Crippen LogP contribution in [0, 0.1) is 5.92 Å². The molecule has 0 spiro atoms. The molecule has 1 unspecified atom stereocenters. The van der Waals surface area contributed by atoms with Crippen LogP contribution in [0.25, 0.3) is 0 Å². The zero-order valence-electron chi connectivity index (χ0n) is 10.8. The first-order valence-corrected chi connectivity index (χ1v) is 6.77. The second-order valence-corrected chi connectivity index (χ2v) is 5.33. The topological polar surface area (TPSA) is 32.3 Å². The van der Waals surface area contributed by atoms with Crippen LogP contribution in [0.3, 0.4) is 0 Å². The highest BCUT2D eigenvalue weighted by Crippen LogP contribution is 2.28. The minimum Gasteiger partial charge on any atom is -0.337 e. The van der Waals surface area contributed by atoms with E-state index in [2.05, 4.69) is 17.1 Å². The fraction of sp³-hybridized carbons (Fsp3) is 0.923. The van der Waals surface area contributed by atoms with Crippen molar-refractivity contribution in [3.8, 4) is 0 Å². The average molecular weight is 261 g/mol. The molecule has 3 nitrogen and oxygen atoms in total. The SMILES string of the molecule is CC1CNCCN1C(=O)CCC1CCCC1.Cl. The van der Waals surface area contributed by atoms with Crippen molar-refractivity contribution in [1.29, 1.82) is 0 Å². The first-order chi connectivity index (χ1) is 7.77. The third kappa shape index (κ3) is 4.14. The van der Waals surface area contributed by atoms with Crippen LogP contribution in [-0.4, -0.2) is 36.5 Å². The molecule has 1 aliphatic heterocycles. The molecule has 0 aromatic rings. The van der Waals surface area contributed by atoms with Gasteiger partial charge in [0.15, 0.2) is 0 Å². The Bertz CT molecular complexity index is 242. The number of rotatable bonds is 3. The minimum absolute atomic E-state index is 0. The van der Waals surface area contributed by atoms with Crippen molar-refractivity contribution in [2.75, 3.05) is 19.6 Å². The predicted octanol–water partition coefficient (Wildman–Crippen LogP) is 2.20. The lowest BCUT2D eigenvalue weighted by molar-refractivity contribution is -0.134. The van der Waals surface area contributed by atoms with Crippen molar-refractivity contribution in [2.45, 2.75) is 51.5 Å². The van der Waals surface area contributed by atoms with Gasteiger partial charge in [0.25, 0.3) is 0 Å². The molecule has 2 aliphatic rings. The second-order valence-electron chi connectivity index (χ2n) is 5.33. The molecule has 100 valence electrons. The molecule has 4 heteroatoms. The van der Waals surface area contributed by atoms with Gasteiger partial charge in [-0.05, 0) is 19.3 Å². The van der Waals surface area contributed by atoms with Crippen molar-refractivity contribution >= 4 is 18.3 Å². The molecule has 0 aromatic carbocycles. The Morgan fingerprint density at radius 1 is 1.35 bits per heavy atom. The van der Waals surface area contributed by atoms with E-state index < -0.39 is 0 Å². The summed E-state index contributed by atoms with van der Waals surface area (Å²) in [5, 5.41) is 3.32. The zero-order valence-corrected chi connectivity index (χ0v) is 11.6. The molecular formula is C13H25ClN2O. The third-order valence-corrected chi connectivity index (χ3v) is 4.06. The Morgan fingerprint density at radius 2 is 2.06 bits per heavy atom. The number of halogens is 1. The molecule has 1 saturated heterocycles. The van der Waals surface area contributed by atoms with Crippen LogP contribution in [0.5, 0.6) is 0 Å². The lowest BCUT2D eigenvalue weighted by atomic mass is 10.0. The lowest BCUT2D eigenvalue weighted by Crippen LogP contribution is -2.52. The average Bonchev–Trinajstić information content (AvgIpc) is 2.79. The number of amides is 1. The van der Waals surface area contributed by atoms with Gasteiger partial charge in [-0.1, -0.05) is 25.7 Å². The molecule has 1 aliphatic carbocycles. The Kier molecular flexibility index (Phi) is 6.28. The van der Waals surface area contributed by atoms with Gasteiger partial charge < -0.3 is 10.2 Å². The number of hydrogen-bond acceptors (Lipinski definition) is 2. The summed E-state index contributed by atoms with van der Waals surface area (Å²) < 4.78 is 0. The van der Waals surface area contributed by atoms with Crippen LogP contribution in [0.15, 0.2) is 0 Å². The number of nitrogens with zero attached hydrogens (tertiary/aromatic N) is 1. The standard InChI is InChI=1S/C13H24N2O.ClH/c1-11-10-14-8-9-15(11)13(16)7-6-12-4-2-3-5-12;/h11-12,14H,2-10H2,1H3;1H. The fourth-order valence-electron chi connectivity index (χ4n) is 2.98. The zero-order chi connectivity index (χ0) is 11.4. The van der Waals surface area contributed by atoms with Gasteiger partial charge >= 0.3 is 0 Å². The molecule has 0 radical (unpaired) electrons. The van der Waals surface area contributed by atoms with Gasteiger partial charge in [-0.3, -0.25) is 4.79 Å². The van der Waals surface area contributed by atoms with Crippen LogP contribution in [-0.2, 0) is 4.79 Å². The molecular weight excluding hydrogens is 236 g/mol. The number of carbonyl (C=O) groups excluding carboxylic acids is 1. The van der Waals surface area contributed by atoms with Crippen LogP contribution in [0.4, 0.5) is 0 Å². The molecule has 17 heavy (non-hydrogen) atoms. The monoisotopic (exact) mass is 260 g/mol. The summed E-state index contributed by atoms with van der Waals surface area (Å²) in [6.45, 7) is 4.94. The van der Waals surface area contributed by atoms with Gasteiger partial charge in [0.1, 0.15) is 0 Å². The van der Waals surface area contributed by atoms with Crippen molar-refractivity contribution in [1.82, 2.24) is 10.2 Å². The van der Waals surface area contributed by atoms with E-state index in [9.17, 15) is 4.79 Å². The van der Waals surface area contributed by atoms with E-state index >= 15 is 0 Å². The first kappa shape index (κ1) is 14.8. The summed E-state index contributed by atoms with van der Waals surface area (Å²) in [6, 6.07) is 0.379. The lowest BCUT2D eigenvalue weighted by Gasteiger charge is -2.34. The summed E-state index contributed by atoms with van der Waals surface area (Å²) in [6.07, 6.45) is 7.35. The summed E-state index contributed by atoms with van der Waals surface area (Å²) in [5.74, 6) is 1.21. The Balaban J connectivity index is 0.00000144. The third-order valence-electron chi connectivity index (χ3n) is 4.06. The maximum Gasteiger partial charge on any atom is 0.222 e. The van der Waals surface area contributed by atoms with Crippen LogP contribution >= 0.6 is 12.4 Å². The second kappa shape index (κ2) is 7.22. The van der Waals surface area contributed by atoms with Gasteiger partial charge in [-0.25, -0.2) is 0 Å². The number of carbonyl (C=O) groups is 1.